The summed E-state index contributed by atoms with van der Waals surface area (Å²) in [5, 5.41) is 0. The number of alkyl halides is 1. The second-order valence-corrected chi connectivity index (χ2v) is 3.50. The second-order valence-electron chi connectivity index (χ2n) is 3.28. The van der Waals surface area contributed by atoms with Gasteiger partial charge in [0.1, 0.15) is 6.20 Å². The molecule has 1 heterocycles. The lowest BCUT2D eigenvalue weighted by Gasteiger charge is -2.02. The van der Waals surface area contributed by atoms with Gasteiger partial charge < -0.3 is 4.74 Å². The SMILES string of the molecule is ClCOc1cncc[n+]1Cc1ccccc1. The Kier molecular flexibility index (Phi) is 3.72. The molecule has 4 heteroatoms. The Morgan fingerprint density at radius 3 is 2.81 bits per heavy atom. The first-order chi connectivity index (χ1) is 7.90. The second kappa shape index (κ2) is 5.47. The van der Waals surface area contributed by atoms with Crippen LogP contribution >= 0.6 is 11.6 Å². The van der Waals surface area contributed by atoms with Crippen molar-refractivity contribution < 1.29 is 9.30 Å². The third-order valence-electron chi connectivity index (χ3n) is 2.20. The summed E-state index contributed by atoms with van der Waals surface area (Å²) >= 11 is 5.55. The fraction of sp³-hybridized carbons (Fsp3) is 0.167. The Morgan fingerprint density at radius 2 is 2.06 bits per heavy atom. The molecule has 0 fully saturated rings. The van der Waals surface area contributed by atoms with Crippen molar-refractivity contribution in [3.05, 3.63) is 54.5 Å². The van der Waals surface area contributed by atoms with E-state index in [1.165, 1.54) is 5.56 Å². The molecule has 0 amide bonds. The summed E-state index contributed by atoms with van der Waals surface area (Å²) in [6.07, 6.45) is 5.25. The molecule has 0 aliphatic rings. The third kappa shape index (κ3) is 2.70. The van der Waals surface area contributed by atoms with Crippen LogP contribution in [-0.4, -0.2) is 11.1 Å². The maximum absolute atomic E-state index is 5.55. The number of rotatable bonds is 4. The summed E-state index contributed by atoms with van der Waals surface area (Å²) in [5.74, 6) is 0.668. The first-order valence-electron chi connectivity index (χ1n) is 4.96. The highest BCUT2D eigenvalue weighted by Gasteiger charge is 2.11. The van der Waals surface area contributed by atoms with Crippen LogP contribution in [0.25, 0.3) is 0 Å². The summed E-state index contributed by atoms with van der Waals surface area (Å²) in [7, 11) is 0. The van der Waals surface area contributed by atoms with Gasteiger partial charge in [-0.3, -0.25) is 0 Å². The van der Waals surface area contributed by atoms with Crippen LogP contribution in [0.3, 0.4) is 0 Å². The highest BCUT2D eigenvalue weighted by Crippen LogP contribution is 2.03. The van der Waals surface area contributed by atoms with E-state index in [0.717, 1.165) is 6.54 Å². The molecule has 1 aromatic carbocycles. The lowest BCUT2D eigenvalue weighted by atomic mass is 10.2. The van der Waals surface area contributed by atoms with Gasteiger partial charge in [-0.1, -0.05) is 41.9 Å². The lowest BCUT2D eigenvalue weighted by Crippen LogP contribution is -2.36. The van der Waals surface area contributed by atoms with Crippen molar-refractivity contribution in [3.63, 3.8) is 0 Å². The van der Waals surface area contributed by atoms with Crippen LogP contribution < -0.4 is 9.30 Å². The molecule has 2 rings (SSSR count). The van der Waals surface area contributed by atoms with Crippen LogP contribution in [0.15, 0.2) is 48.9 Å². The molecule has 0 saturated heterocycles. The molecular formula is C12H12ClN2O+. The Balaban J connectivity index is 2.21. The van der Waals surface area contributed by atoms with Crippen molar-refractivity contribution in [2.75, 3.05) is 6.07 Å². The topological polar surface area (TPSA) is 26.0 Å². The number of aromatic nitrogens is 2. The molecule has 0 atom stereocenters. The number of ether oxygens (including phenoxy) is 1. The summed E-state index contributed by atoms with van der Waals surface area (Å²) in [6, 6.07) is 10.3. The summed E-state index contributed by atoms with van der Waals surface area (Å²) < 4.78 is 7.24. The Hall–Kier alpha value is -1.61. The molecule has 3 nitrogen and oxygen atoms in total. The van der Waals surface area contributed by atoms with Crippen LogP contribution in [0.2, 0.25) is 0 Å². The fourth-order valence-corrected chi connectivity index (χ4v) is 1.57. The van der Waals surface area contributed by atoms with Gasteiger partial charge in [0.15, 0.2) is 18.8 Å². The van der Waals surface area contributed by atoms with Crippen LogP contribution in [0.1, 0.15) is 5.56 Å². The molecule has 0 N–H and O–H groups in total. The Labute approximate surface area is 99.3 Å². The van der Waals surface area contributed by atoms with Crippen LogP contribution in [-0.2, 0) is 6.54 Å². The molecule has 0 bridgehead atoms. The van der Waals surface area contributed by atoms with Crippen molar-refractivity contribution in [3.8, 4) is 5.88 Å². The minimum absolute atomic E-state index is 0.125. The van der Waals surface area contributed by atoms with Gasteiger partial charge in [0.05, 0.1) is 6.20 Å². The molecule has 0 saturated carbocycles. The zero-order chi connectivity index (χ0) is 11.2. The molecule has 0 radical (unpaired) electrons. The first kappa shape index (κ1) is 10.9. The molecule has 0 aliphatic carbocycles. The minimum atomic E-state index is 0.125. The molecule has 0 aliphatic heterocycles. The predicted octanol–water partition coefficient (Wildman–Crippen LogP) is 1.99. The maximum atomic E-state index is 5.55. The molecular weight excluding hydrogens is 224 g/mol. The highest BCUT2D eigenvalue weighted by molar-refractivity contribution is 6.17. The van der Waals surface area contributed by atoms with Gasteiger partial charge in [0.2, 0.25) is 0 Å². The van der Waals surface area contributed by atoms with Crippen LogP contribution in [0, 0.1) is 0 Å². The number of hydrogen-bond donors (Lipinski definition) is 0. The van der Waals surface area contributed by atoms with Crippen molar-refractivity contribution in [1.29, 1.82) is 0 Å². The number of halogens is 1. The molecule has 2 aromatic rings. The quantitative estimate of drug-likeness (QED) is 0.599. The zero-order valence-electron chi connectivity index (χ0n) is 8.71. The number of hydrogen-bond acceptors (Lipinski definition) is 2. The zero-order valence-corrected chi connectivity index (χ0v) is 9.47. The molecule has 16 heavy (non-hydrogen) atoms. The Morgan fingerprint density at radius 1 is 1.25 bits per heavy atom. The standard InChI is InChI=1S/C12H12ClN2O/c13-10-16-12-8-14-6-7-15(12)9-11-4-2-1-3-5-11/h1-8H,9-10H2/q+1. The maximum Gasteiger partial charge on any atom is 0.388 e. The third-order valence-corrected chi connectivity index (χ3v) is 2.31. The van der Waals surface area contributed by atoms with E-state index in [4.69, 9.17) is 16.3 Å². The first-order valence-corrected chi connectivity index (χ1v) is 5.50. The highest BCUT2D eigenvalue weighted by atomic mass is 35.5. The van der Waals surface area contributed by atoms with Gasteiger partial charge in [-0.05, 0) is 0 Å². The van der Waals surface area contributed by atoms with Crippen LogP contribution in [0.4, 0.5) is 0 Å². The van der Waals surface area contributed by atoms with Gasteiger partial charge in [-0.2, -0.15) is 4.57 Å². The van der Waals surface area contributed by atoms with Gasteiger partial charge in [0, 0.05) is 5.56 Å². The largest absolute Gasteiger partial charge is 0.427 e. The summed E-state index contributed by atoms with van der Waals surface area (Å²) in [6.45, 7) is 0.746. The number of benzene rings is 1. The van der Waals surface area contributed by atoms with E-state index in [9.17, 15) is 0 Å². The lowest BCUT2D eigenvalue weighted by molar-refractivity contribution is -0.693. The number of nitrogens with zero attached hydrogens (tertiary/aromatic N) is 2. The smallest absolute Gasteiger partial charge is 0.388 e. The molecule has 0 unspecified atom stereocenters. The van der Waals surface area contributed by atoms with Crippen molar-refractivity contribution >= 4 is 11.6 Å². The average Bonchev–Trinajstić information content (AvgIpc) is 2.33. The molecule has 1 aromatic heterocycles. The van der Waals surface area contributed by atoms with Gasteiger partial charge in [-0.15, -0.1) is 0 Å². The monoisotopic (exact) mass is 235 g/mol. The van der Waals surface area contributed by atoms with E-state index in [1.54, 1.807) is 12.4 Å². The minimum Gasteiger partial charge on any atom is -0.427 e. The van der Waals surface area contributed by atoms with Crippen molar-refractivity contribution in [1.82, 2.24) is 4.98 Å². The van der Waals surface area contributed by atoms with E-state index >= 15 is 0 Å². The summed E-state index contributed by atoms with van der Waals surface area (Å²) in [4.78, 5) is 4.00. The van der Waals surface area contributed by atoms with Crippen molar-refractivity contribution in [2.45, 2.75) is 6.54 Å². The van der Waals surface area contributed by atoms with Gasteiger partial charge in [0.25, 0.3) is 0 Å². The molecule has 0 spiro atoms. The van der Waals surface area contributed by atoms with E-state index in [2.05, 4.69) is 17.1 Å². The van der Waals surface area contributed by atoms with E-state index in [0.29, 0.717) is 5.88 Å². The Bertz CT molecular complexity index is 448. The summed E-state index contributed by atoms with van der Waals surface area (Å²) in [5.41, 5.74) is 1.21. The van der Waals surface area contributed by atoms with Gasteiger partial charge >= 0.3 is 5.88 Å². The van der Waals surface area contributed by atoms with E-state index in [-0.39, 0.29) is 6.07 Å². The predicted molar refractivity (Wildman–Crippen MR) is 61.3 cm³/mol. The van der Waals surface area contributed by atoms with Gasteiger partial charge in [-0.25, -0.2) is 4.98 Å². The fourth-order valence-electron chi connectivity index (χ4n) is 1.46. The van der Waals surface area contributed by atoms with Crippen LogP contribution in [0.5, 0.6) is 5.88 Å². The van der Waals surface area contributed by atoms with Crippen molar-refractivity contribution in [2.24, 2.45) is 0 Å². The van der Waals surface area contributed by atoms with E-state index < -0.39 is 0 Å². The molecule has 82 valence electrons. The normalized spacial score (nSPS) is 10.1. The van der Waals surface area contributed by atoms with E-state index in [1.807, 2.05) is 29.0 Å². The average molecular weight is 236 g/mol.